The molecule has 0 saturated carbocycles. The first-order chi connectivity index (χ1) is 15.6. The number of thiazole rings is 1. The molecule has 0 fully saturated rings. The Morgan fingerprint density at radius 1 is 1.24 bits per heavy atom. The lowest BCUT2D eigenvalue weighted by Crippen LogP contribution is -2.48. The summed E-state index contributed by atoms with van der Waals surface area (Å²) < 4.78 is 19.8. The van der Waals surface area contributed by atoms with Crippen LogP contribution in [0.15, 0.2) is 53.9 Å². The molecule has 1 heterocycles. The third-order valence-corrected chi connectivity index (χ3v) is 5.93. The summed E-state index contributed by atoms with van der Waals surface area (Å²) in [5, 5.41) is 19.1. The number of hydrogen-bond donors (Lipinski definition) is 3. The van der Waals surface area contributed by atoms with E-state index in [1.165, 1.54) is 28.4 Å². The molecule has 0 radical (unpaired) electrons. The summed E-state index contributed by atoms with van der Waals surface area (Å²) in [5.74, 6) is -2.04. The van der Waals surface area contributed by atoms with E-state index in [0.29, 0.717) is 13.0 Å². The molecule has 0 aliphatic rings. The molecule has 0 spiro atoms. The van der Waals surface area contributed by atoms with Gasteiger partial charge >= 0.3 is 0 Å². The Balaban J connectivity index is 1.72. The van der Waals surface area contributed by atoms with Crippen LogP contribution in [-0.2, 0) is 17.7 Å². The highest BCUT2D eigenvalue weighted by atomic mass is 32.1. The van der Waals surface area contributed by atoms with E-state index in [1.54, 1.807) is 14.0 Å². The van der Waals surface area contributed by atoms with Crippen LogP contribution in [0, 0.1) is 23.6 Å². The largest absolute Gasteiger partial charge is 0.423 e. The van der Waals surface area contributed by atoms with Crippen molar-refractivity contribution in [1.29, 1.82) is 10.8 Å². The zero-order valence-corrected chi connectivity index (χ0v) is 19.5. The molecule has 0 bridgehead atoms. The van der Waals surface area contributed by atoms with E-state index in [1.807, 2.05) is 42.6 Å². The predicted octanol–water partition coefficient (Wildman–Crippen LogP) is 4.14. The average Bonchev–Trinajstić information content (AvgIpc) is 3.18. The van der Waals surface area contributed by atoms with Gasteiger partial charge in [-0.25, -0.2) is 9.37 Å². The van der Waals surface area contributed by atoms with Crippen LogP contribution in [0.3, 0.4) is 0 Å². The number of carbonyl (C=O) groups excluding carboxylic acids is 1. The summed E-state index contributed by atoms with van der Waals surface area (Å²) >= 11 is 1.46. The van der Waals surface area contributed by atoms with Crippen molar-refractivity contribution < 1.29 is 13.9 Å². The summed E-state index contributed by atoms with van der Waals surface area (Å²) in [4.78, 5) is 18.7. The van der Waals surface area contributed by atoms with Crippen molar-refractivity contribution in [2.24, 2.45) is 5.73 Å². The molecule has 4 N–H and O–H groups in total. The lowest BCUT2D eigenvalue weighted by molar-refractivity contribution is 0.0785. The second-order valence-electron chi connectivity index (χ2n) is 8.08. The van der Waals surface area contributed by atoms with Crippen molar-refractivity contribution in [2.75, 3.05) is 7.05 Å². The second-order valence-corrected chi connectivity index (χ2v) is 9.02. The highest BCUT2D eigenvalue weighted by Crippen LogP contribution is 2.18. The van der Waals surface area contributed by atoms with E-state index in [4.69, 9.17) is 21.3 Å². The van der Waals surface area contributed by atoms with Crippen molar-refractivity contribution in [1.82, 2.24) is 9.88 Å². The van der Waals surface area contributed by atoms with Gasteiger partial charge in [-0.2, -0.15) is 0 Å². The van der Waals surface area contributed by atoms with Crippen LogP contribution >= 0.6 is 11.3 Å². The van der Waals surface area contributed by atoms with Gasteiger partial charge in [0.05, 0.1) is 17.6 Å². The van der Waals surface area contributed by atoms with Crippen LogP contribution in [0.4, 0.5) is 4.39 Å². The van der Waals surface area contributed by atoms with Crippen LogP contribution in [-0.4, -0.2) is 40.2 Å². The fourth-order valence-electron chi connectivity index (χ4n) is 3.18. The number of halogens is 1. The Hall–Kier alpha value is -3.43. The molecule has 9 heteroatoms. The fourth-order valence-corrected chi connectivity index (χ4v) is 4.00. The molecule has 172 valence electrons. The first-order valence-electron chi connectivity index (χ1n) is 10.2. The van der Waals surface area contributed by atoms with Gasteiger partial charge in [0.25, 0.3) is 5.91 Å². The fraction of sp³-hybridized carbons (Fsp3) is 0.250. The SMILES string of the molecule is Cc1csc(CN(C)C(=O)c2ccc(F)c(C(=N)OC(=N)C(C)(N)Cc3ccccc3)c2)n1. The normalized spacial score (nSPS) is 12.6. The third-order valence-electron chi connectivity index (χ3n) is 4.98. The number of nitrogens with zero attached hydrogens (tertiary/aromatic N) is 2. The monoisotopic (exact) mass is 467 g/mol. The number of aryl methyl sites for hydroxylation is 1. The predicted molar refractivity (Wildman–Crippen MR) is 127 cm³/mol. The summed E-state index contributed by atoms with van der Waals surface area (Å²) in [6, 6.07) is 13.1. The Kier molecular flexibility index (Phi) is 7.35. The molecular formula is C24H26FN5O2S. The Morgan fingerprint density at radius 3 is 2.58 bits per heavy atom. The smallest absolute Gasteiger partial charge is 0.254 e. The highest BCUT2D eigenvalue weighted by molar-refractivity contribution is 7.09. The number of carbonyl (C=O) groups is 1. The number of rotatable bonds is 7. The van der Waals surface area contributed by atoms with Crippen molar-refractivity contribution in [3.8, 4) is 0 Å². The van der Waals surface area contributed by atoms with Gasteiger partial charge in [-0.05, 0) is 44.0 Å². The van der Waals surface area contributed by atoms with Gasteiger partial charge < -0.3 is 15.4 Å². The molecule has 7 nitrogen and oxygen atoms in total. The molecule has 3 rings (SSSR count). The van der Waals surface area contributed by atoms with E-state index in [2.05, 4.69) is 4.98 Å². The van der Waals surface area contributed by atoms with E-state index in [0.717, 1.165) is 22.3 Å². The first-order valence-corrected chi connectivity index (χ1v) is 11.1. The molecule has 0 aliphatic carbocycles. The lowest BCUT2D eigenvalue weighted by Gasteiger charge is -2.25. The zero-order chi connectivity index (χ0) is 24.2. The molecule has 1 atom stereocenters. The van der Waals surface area contributed by atoms with Gasteiger partial charge in [-0.15, -0.1) is 11.3 Å². The van der Waals surface area contributed by atoms with Crippen molar-refractivity contribution >= 4 is 29.0 Å². The Labute approximate surface area is 196 Å². The number of nitrogens with one attached hydrogen (secondary N) is 2. The van der Waals surface area contributed by atoms with Gasteiger partial charge in [0.2, 0.25) is 11.8 Å². The van der Waals surface area contributed by atoms with Gasteiger partial charge in [0, 0.05) is 23.7 Å². The molecule has 2 aromatic carbocycles. The number of hydrogen-bond acceptors (Lipinski definition) is 7. The number of amides is 1. The lowest BCUT2D eigenvalue weighted by atomic mass is 9.93. The molecule has 1 aromatic heterocycles. The minimum atomic E-state index is -1.20. The molecule has 0 aliphatic heterocycles. The Morgan fingerprint density at radius 2 is 1.94 bits per heavy atom. The molecule has 33 heavy (non-hydrogen) atoms. The number of nitrogens with two attached hydrogens (primary N) is 1. The van der Waals surface area contributed by atoms with E-state index < -0.39 is 17.3 Å². The summed E-state index contributed by atoms with van der Waals surface area (Å²) in [7, 11) is 1.63. The molecule has 3 aromatic rings. The minimum Gasteiger partial charge on any atom is -0.423 e. The molecule has 1 unspecified atom stereocenters. The molecule has 0 saturated heterocycles. The first kappa shape index (κ1) is 24.2. The summed E-state index contributed by atoms with van der Waals surface area (Å²) in [5.41, 5.74) is 6.80. The van der Waals surface area contributed by atoms with Gasteiger partial charge in [-0.1, -0.05) is 30.3 Å². The Bertz CT molecular complexity index is 1180. The van der Waals surface area contributed by atoms with Crippen LogP contribution < -0.4 is 5.73 Å². The van der Waals surface area contributed by atoms with E-state index in [-0.39, 0.29) is 22.9 Å². The van der Waals surface area contributed by atoms with Gasteiger partial charge in [0.1, 0.15) is 10.8 Å². The van der Waals surface area contributed by atoms with E-state index in [9.17, 15) is 9.18 Å². The van der Waals surface area contributed by atoms with Gasteiger partial charge in [-0.3, -0.25) is 15.6 Å². The number of aromatic nitrogens is 1. The maximum atomic E-state index is 14.5. The van der Waals surface area contributed by atoms with Crippen molar-refractivity contribution in [2.45, 2.75) is 32.4 Å². The third kappa shape index (κ3) is 6.09. The standard InChI is InChI=1S/C24H26FN5O2S/c1-15-14-33-20(29-15)13-30(3)22(31)17-9-10-19(25)18(11-17)21(26)32-23(27)24(2,28)12-16-7-5-4-6-8-16/h4-11,14,26-27H,12-13,28H2,1-3H3. The van der Waals surface area contributed by atoms with Gasteiger partial charge in [0.15, 0.2) is 0 Å². The molecular weight excluding hydrogens is 441 g/mol. The highest BCUT2D eigenvalue weighted by Gasteiger charge is 2.29. The van der Waals surface area contributed by atoms with E-state index >= 15 is 0 Å². The zero-order valence-electron chi connectivity index (χ0n) is 18.7. The van der Waals surface area contributed by atoms with Crippen LogP contribution in [0.2, 0.25) is 0 Å². The van der Waals surface area contributed by atoms with Crippen molar-refractivity contribution in [3.05, 3.63) is 87.1 Å². The van der Waals surface area contributed by atoms with Crippen molar-refractivity contribution in [3.63, 3.8) is 0 Å². The second kappa shape index (κ2) is 10.0. The quantitative estimate of drug-likeness (QED) is 0.358. The summed E-state index contributed by atoms with van der Waals surface area (Å²) in [6.07, 6.45) is 0.308. The van der Waals surface area contributed by atoms with Crippen LogP contribution in [0.5, 0.6) is 0 Å². The topological polar surface area (TPSA) is 116 Å². The minimum absolute atomic E-state index is 0.196. The maximum Gasteiger partial charge on any atom is 0.254 e. The number of benzene rings is 2. The maximum absolute atomic E-state index is 14.5. The summed E-state index contributed by atoms with van der Waals surface area (Å²) in [6.45, 7) is 3.80. The van der Waals surface area contributed by atoms with Crippen LogP contribution in [0.25, 0.3) is 0 Å². The molecule has 1 amide bonds. The number of ether oxygens (including phenoxy) is 1. The average molecular weight is 468 g/mol. The van der Waals surface area contributed by atoms with Crippen LogP contribution in [0.1, 0.15) is 39.1 Å².